The fourth-order valence-corrected chi connectivity index (χ4v) is 10.4. The second-order valence-electron chi connectivity index (χ2n) is 23.4. The molecule has 0 aliphatic rings. The largest absolute Gasteiger partial charge is 0.462 e. The minimum absolute atomic E-state index is 0.0668. The monoisotopic (exact) mass is 1090 g/mol. The Labute approximate surface area is 486 Å². The van der Waals surface area contributed by atoms with Crippen molar-refractivity contribution in [2.45, 2.75) is 380 Å². The van der Waals surface area contributed by atoms with E-state index in [0.29, 0.717) is 19.3 Å². The van der Waals surface area contributed by atoms with Crippen molar-refractivity contribution >= 4 is 17.9 Å². The Morgan fingerprint density at radius 3 is 0.782 bits per heavy atom. The second kappa shape index (κ2) is 66.9. The molecule has 0 aromatic rings. The highest BCUT2D eigenvalue weighted by atomic mass is 16.6. The molecule has 0 heterocycles. The van der Waals surface area contributed by atoms with Crippen LogP contribution in [0.4, 0.5) is 0 Å². The van der Waals surface area contributed by atoms with Crippen molar-refractivity contribution in [3.8, 4) is 0 Å². The molecule has 0 rings (SSSR count). The molecular formula is C72H132O6. The minimum Gasteiger partial charge on any atom is -0.462 e. The molecule has 0 aliphatic carbocycles. The highest BCUT2D eigenvalue weighted by molar-refractivity contribution is 5.71. The number of ether oxygens (including phenoxy) is 3. The van der Waals surface area contributed by atoms with Crippen molar-refractivity contribution in [1.29, 1.82) is 0 Å². The summed E-state index contributed by atoms with van der Waals surface area (Å²) in [6.45, 7) is 6.60. The summed E-state index contributed by atoms with van der Waals surface area (Å²) in [5, 5.41) is 0. The third-order valence-corrected chi connectivity index (χ3v) is 15.6. The summed E-state index contributed by atoms with van der Waals surface area (Å²) in [5.41, 5.74) is 0. The summed E-state index contributed by atoms with van der Waals surface area (Å²) in [6, 6.07) is 0. The van der Waals surface area contributed by atoms with Crippen molar-refractivity contribution in [3.05, 3.63) is 48.6 Å². The van der Waals surface area contributed by atoms with Gasteiger partial charge in [0.1, 0.15) is 13.2 Å². The van der Waals surface area contributed by atoms with Gasteiger partial charge in [0.15, 0.2) is 6.10 Å². The lowest BCUT2D eigenvalue weighted by molar-refractivity contribution is -0.167. The van der Waals surface area contributed by atoms with E-state index in [1.165, 1.54) is 250 Å². The van der Waals surface area contributed by atoms with Gasteiger partial charge < -0.3 is 14.2 Å². The van der Waals surface area contributed by atoms with Crippen molar-refractivity contribution in [2.24, 2.45) is 0 Å². The van der Waals surface area contributed by atoms with Gasteiger partial charge in [-0.05, 0) is 57.8 Å². The highest BCUT2D eigenvalue weighted by Gasteiger charge is 2.19. The molecule has 1 atom stereocenters. The van der Waals surface area contributed by atoms with Gasteiger partial charge in [-0.2, -0.15) is 0 Å². The number of rotatable bonds is 64. The molecule has 0 radical (unpaired) electrons. The van der Waals surface area contributed by atoms with Crippen molar-refractivity contribution < 1.29 is 28.6 Å². The van der Waals surface area contributed by atoms with Gasteiger partial charge >= 0.3 is 17.9 Å². The number of esters is 3. The number of carbonyl (C=O) groups is 3. The maximum atomic E-state index is 12.9. The van der Waals surface area contributed by atoms with E-state index in [1.54, 1.807) is 0 Å². The summed E-state index contributed by atoms with van der Waals surface area (Å²) in [7, 11) is 0. The van der Waals surface area contributed by atoms with Crippen LogP contribution < -0.4 is 0 Å². The quantitative estimate of drug-likeness (QED) is 0.0261. The summed E-state index contributed by atoms with van der Waals surface area (Å²) >= 11 is 0. The molecule has 0 bridgehead atoms. The SMILES string of the molecule is CC/C=C\C/C=C\C/C=C\C/C=C\CCCCCCCCCCCCCCC(=O)OCC(COC(=O)CCCCCCCCCCCCCCCCCCC)OC(=O)CCCCCCCCCCCCCCCCCCCC. The molecule has 0 aliphatic heterocycles. The molecule has 0 amide bonds. The van der Waals surface area contributed by atoms with E-state index >= 15 is 0 Å². The van der Waals surface area contributed by atoms with E-state index in [-0.39, 0.29) is 31.1 Å². The Morgan fingerprint density at radius 2 is 0.500 bits per heavy atom. The third-order valence-electron chi connectivity index (χ3n) is 15.6. The molecule has 456 valence electrons. The van der Waals surface area contributed by atoms with E-state index < -0.39 is 6.10 Å². The summed E-state index contributed by atoms with van der Waals surface area (Å²) in [6.07, 6.45) is 84.1. The van der Waals surface area contributed by atoms with Crippen molar-refractivity contribution in [2.75, 3.05) is 13.2 Å². The Bertz CT molecular complexity index is 1350. The third kappa shape index (κ3) is 64.2. The average molecular weight is 1090 g/mol. The maximum absolute atomic E-state index is 12.9. The Morgan fingerprint density at radius 1 is 0.269 bits per heavy atom. The minimum atomic E-state index is -0.771. The zero-order valence-electron chi connectivity index (χ0n) is 52.5. The number of hydrogen-bond acceptors (Lipinski definition) is 6. The van der Waals surface area contributed by atoms with Crippen LogP contribution >= 0.6 is 0 Å². The van der Waals surface area contributed by atoms with Crippen molar-refractivity contribution in [1.82, 2.24) is 0 Å². The standard InChI is InChI=1S/C72H132O6/c1-4-7-10-13-16-19-22-25-28-31-33-34-35-36-37-38-39-42-44-47-50-53-56-59-62-65-71(74)77-68-69(67-76-70(73)64-61-58-55-52-49-46-43-40-30-27-24-21-18-15-12-9-6-3)78-72(75)66-63-60-57-54-51-48-45-41-32-29-26-23-20-17-14-11-8-5-2/h7,10,16,19,25,28,33-34,69H,4-6,8-9,11-15,17-18,20-24,26-27,29-32,35-68H2,1-3H3/b10-7-,19-16-,28-25-,34-33-. The number of hydrogen-bond donors (Lipinski definition) is 0. The number of unbranched alkanes of at least 4 members (excludes halogenated alkanes) is 45. The first-order valence-electron chi connectivity index (χ1n) is 34.6. The van der Waals surface area contributed by atoms with E-state index in [9.17, 15) is 14.4 Å². The van der Waals surface area contributed by atoms with Gasteiger partial charge in [0.05, 0.1) is 0 Å². The summed E-state index contributed by atoms with van der Waals surface area (Å²) in [4.78, 5) is 38.4. The lowest BCUT2D eigenvalue weighted by Crippen LogP contribution is -2.30. The molecule has 0 saturated heterocycles. The lowest BCUT2D eigenvalue weighted by Gasteiger charge is -2.18. The smallest absolute Gasteiger partial charge is 0.306 e. The van der Waals surface area contributed by atoms with Crippen LogP contribution in [-0.2, 0) is 28.6 Å². The van der Waals surface area contributed by atoms with E-state index in [2.05, 4.69) is 69.4 Å². The Kier molecular flexibility index (Phi) is 64.6. The zero-order chi connectivity index (χ0) is 56.4. The van der Waals surface area contributed by atoms with Crippen LogP contribution in [0.5, 0.6) is 0 Å². The Balaban J connectivity index is 4.29. The van der Waals surface area contributed by atoms with Crippen molar-refractivity contribution in [3.63, 3.8) is 0 Å². The molecule has 0 N–H and O–H groups in total. The fourth-order valence-electron chi connectivity index (χ4n) is 10.4. The molecule has 0 spiro atoms. The van der Waals surface area contributed by atoms with Crippen LogP contribution in [0.2, 0.25) is 0 Å². The van der Waals surface area contributed by atoms with Gasteiger partial charge in [-0.3, -0.25) is 14.4 Å². The first-order valence-corrected chi connectivity index (χ1v) is 34.6. The normalized spacial score (nSPS) is 12.3. The van der Waals surface area contributed by atoms with E-state index in [4.69, 9.17) is 14.2 Å². The summed E-state index contributed by atoms with van der Waals surface area (Å²) < 4.78 is 17.0. The van der Waals surface area contributed by atoms with Crippen LogP contribution in [0.15, 0.2) is 48.6 Å². The van der Waals surface area contributed by atoms with Crippen LogP contribution in [0.25, 0.3) is 0 Å². The predicted molar refractivity (Wildman–Crippen MR) is 339 cm³/mol. The van der Waals surface area contributed by atoms with Gasteiger partial charge in [0.2, 0.25) is 0 Å². The van der Waals surface area contributed by atoms with Gasteiger partial charge in [-0.25, -0.2) is 0 Å². The molecule has 78 heavy (non-hydrogen) atoms. The Hall–Kier alpha value is -2.63. The molecule has 0 aromatic heterocycles. The van der Waals surface area contributed by atoms with Crippen LogP contribution in [-0.4, -0.2) is 37.2 Å². The number of carbonyl (C=O) groups excluding carboxylic acids is 3. The lowest BCUT2D eigenvalue weighted by atomic mass is 10.0. The molecule has 0 aromatic carbocycles. The zero-order valence-corrected chi connectivity index (χ0v) is 52.5. The van der Waals surface area contributed by atoms with Crippen LogP contribution in [0.1, 0.15) is 374 Å². The second-order valence-corrected chi connectivity index (χ2v) is 23.4. The van der Waals surface area contributed by atoms with Gasteiger partial charge in [0, 0.05) is 19.3 Å². The van der Waals surface area contributed by atoms with Gasteiger partial charge in [-0.1, -0.05) is 345 Å². The van der Waals surface area contributed by atoms with E-state index in [1.807, 2.05) is 0 Å². The van der Waals surface area contributed by atoms with E-state index in [0.717, 1.165) is 83.5 Å². The summed E-state index contributed by atoms with van der Waals surface area (Å²) in [5.74, 6) is -0.839. The molecular weight excluding hydrogens is 961 g/mol. The first-order chi connectivity index (χ1) is 38.5. The first kappa shape index (κ1) is 75.4. The molecule has 1 unspecified atom stereocenters. The topological polar surface area (TPSA) is 78.9 Å². The van der Waals surface area contributed by atoms with Crippen LogP contribution in [0.3, 0.4) is 0 Å². The highest BCUT2D eigenvalue weighted by Crippen LogP contribution is 2.18. The van der Waals surface area contributed by atoms with Crippen LogP contribution in [0, 0.1) is 0 Å². The average Bonchev–Trinajstić information content (AvgIpc) is 3.44. The fraction of sp³-hybridized carbons (Fsp3) is 0.847. The van der Waals surface area contributed by atoms with Gasteiger partial charge in [0.25, 0.3) is 0 Å². The van der Waals surface area contributed by atoms with Gasteiger partial charge in [-0.15, -0.1) is 0 Å². The molecule has 6 nitrogen and oxygen atoms in total. The molecule has 0 fully saturated rings. The molecule has 0 saturated carbocycles. The maximum Gasteiger partial charge on any atom is 0.306 e. The molecule has 6 heteroatoms. The number of allylic oxidation sites excluding steroid dienone is 8. The predicted octanol–water partition coefficient (Wildman–Crippen LogP) is 23.7.